The molecule has 0 heterocycles. The largest absolute Gasteiger partial charge is 0.321 e. The molecule has 124 valence electrons. The second-order valence-electron chi connectivity index (χ2n) is 5.68. The van der Waals surface area contributed by atoms with Crippen molar-refractivity contribution in [3.8, 4) is 0 Å². The lowest BCUT2D eigenvalue weighted by molar-refractivity contribution is 0.102. The fourth-order valence-electron chi connectivity index (χ4n) is 2.53. The van der Waals surface area contributed by atoms with Crippen LogP contribution in [-0.2, 0) is 0 Å². The summed E-state index contributed by atoms with van der Waals surface area (Å²) in [5.74, 6) is -0.496. The number of ketones is 1. The molecular weight excluding hydrogens is 334 g/mol. The van der Waals surface area contributed by atoms with Gasteiger partial charge in [-0.2, -0.15) is 0 Å². The van der Waals surface area contributed by atoms with Gasteiger partial charge in [-0.1, -0.05) is 60.1 Å². The summed E-state index contributed by atoms with van der Waals surface area (Å²) in [6.07, 6.45) is 0. The van der Waals surface area contributed by atoms with E-state index in [-0.39, 0.29) is 11.7 Å². The molecule has 0 fully saturated rings. The zero-order valence-corrected chi connectivity index (χ0v) is 14.4. The highest BCUT2D eigenvalue weighted by molar-refractivity contribution is 6.34. The molecule has 0 radical (unpaired) electrons. The summed E-state index contributed by atoms with van der Waals surface area (Å²) in [6.45, 7) is 1.90. The Morgan fingerprint density at radius 1 is 0.840 bits per heavy atom. The zero-order chi connectivity index (χ0) is 17.8. The summed E-state index contributed by atoms with van der Waals surface area (Å²) in [6, 6.07) is 21.1. The lowest BCUT2D eigenvalue weighted by Crippen LogP contribution is -2.15. The maximum Gasteiger partial charge on any atom is 0.257 e. The first kappa shape index (κ1) is 16.9. The van der Waals surface area contributed by atoms with Crippen molar-refractivity contribution in [3.63, 3.8) is 0 Å². The number of carbonyl (C=O) groups excluding carboxylic acids is 2. The quantitative estimate of drug-likeness (QED) is 0.663. The van der Waals surface area contributed by atoms with E-state index >= 15 is 0 Å². The van der Waals surface area contributed by atoms with Crippen molar-refractivity contribution in [2.24, 2.45) is 0 Å². The van der Waals surface area contributed by atoms with E-state index in [1.807, 2.05) is 19.1 Å². The average molecular weight is 350 g/mol. The van der Waals surface area contributed by atoms with E-state index < -0.39 is 0 Å². The minimum atomic E-state index is -0.349. The van der Waals surface area contributed by atoms with Crippen molar-refractivity contribution >= 4 is 29.0 Å². The third-order valence-electron chi connectivity index (χ3n) is 3.83. The number of halogens is 1. The minimum Gasteiger partial charge on any atom is -0.321 e. The molecule has 0 aliphatic carbocycles. The third-order valence-corrected chi connectivity index (χ3v) is 4.14. The van der Waals surface area contributed by atoms with Crippen LogP contribution in [0, 0.1) is 6.92 Å². The normalized spacial score (nSPS) is 10.3. The fourth-order valence-corrected chi connectivity index (χ4v) is 2.85. The van der Waals surface area contributed by atoms with Crippen LogP contribution in [0.25, 0.3) is 0 Å². The molecule has 0 saturated carbocycles. The number of benzene rings is 3. The van der Waals surface area contributed by atoms with Crippen molar-refractivity contribution in [2.45, 2.75) is 6.92 Å². The Balaban J connectivity index is 1.91. The molecule has 3 nitrogen and oxygen atoms in total. The van der Waals surface area contributed by atoms with Crippen LogP contribution in [0.5, 0.6) is 0 Å². The number of rotatable bonds is 4. The molecule has 4 heteroatoms. The van der Waals surface area contributed by atoms with Gasteiger partial charge in [-0.15, -0.1) is 0 Å². The summed E-state index contributed by atoms with van der Waals surface area (Å²) in [5, 5.41) is 3.17. The van der Waals surface area contributed by atoms with E-state index in [4.69, 9.17) is 11.6 Å². The van der Waals surface area contributed by atoms with Crippen molar-refractivity contribution < 1.29 is 9.59 Å². The lowest BCUT2D eigenvalue weighted by Gasteiger charge is -2.11. The topological polar surface area (TPSA) is 46.2 Å². The van der Waals surface area contributed by atoms with Gasteiger partial charge < -0.3 is 5.32 Å². The van der Waals surface area contributed by atoms with Gasteiger partial charge in [-0.3, -0.25) is 9.59 Å². The Hall–Kier alpha value is -2.91. The van der Waals surface area contributed by atoms with Gasteiger partial charge in [0.1, 0.15) is 0 Å². The minimum absolute atomic E-state index is 0.147. The number of nitrogens with one attached hydrogen (secondary N) is 1. The molecule has 0 aliphatic rings. The molecule has 0 spiro atoms. The predicted octanol–water partition coefficient (Wildman–Crippen LogP) is 5.13. The highest BCUT2D eigenvalue weighted by atomic mass is 35.5. The molecule has 25 heavy (non-hydrogen) atoms. The molecule has 0 aromatic heterocycles. The SMILES string of the molecule is Cc1ccc(C(=O)Nc2ccccc2C(=O)c2ccccc2)c(Cl)c1. The number of amides is 1. The van der Waals surface area contributed by atoms with Crippen LogP contribution in [0.1, 0.15) is 31.8 Å². The Morgan fingerprint density at radius 3 is 2.24 bits per heavy atom. The van der Waals surface area contributed by atoms with Crippen LogP contribution >= 0.6 is 11.6 Å². The molecule has 0 unspecified atom stereocenters. The van der Waals surface area contributed by atoms with Gasteiger partial charge in [0.15, 0.2) is 5.78 Å². The van der Waals surface area contributed by atoms with Gasteiger partial charge >= 0.3 is 0 Å². The highest BCUT2D eigenvalue weighted by Gasteiger charge is 2.16. The molecular formula is C21H16ClNO2. The Labute approximate surface area is 151 Å². The maximum absolute atomic E-state index is 12.7. The molecule has 3 rings (SSSR count). The number of para-hydroxylation sites is 1. The van der Waals surface area contributed by atoms with E-state index in [9.17, 15) is 9.59 Å². The van der Waals surface area contributed by atoms with E-state index in [0.29, 0.717) is 27.4 Å². The Kier molecular flexibility index (Phi) is 4.96. The van der Waals surface area contributed by atoms with Crippen LogP contribution < -0.4 is 5.32 Å². The van der Waals surface area contributed by atoms with E-state index in [0.717, 1.165) is 5.56 Å². The second-order valence-corrected chi connectivity index (χ2v) is 6.09. The molecule has 0 bridgehead atoms. The van der Waals surface area contributed by atoms with Crippen LogP contribution in [0.4, 0.5) is 5.69 Å². The van der Waals surface area contributed by atoms with E-state index in [1.54, 1.807) is 60.7 Å². The van der Waals surface area contributed by atoms with E-state index in [2.05, 4.69) is 5.32 Å². The van der Waals surface area contributed by atoms with Crippen molar-refractivity contribution in [2.75, 3.05) is 5.32 Å². The third kappa shape index (κ3) is 3.78. The number of hydrogen-bond donors (Lipinski definition) is 1. The Bertz CT molecular complexity index is 936. The van der Waals surface area contributed by atoms with Crippen molar-refractivity contribution in [1.82, 2.24) is 0 Å². The van der Waals surface area contributed by atoms with Crippen LogP contribution in [0.3, 0.4) is 0 Å². The number of hydrogen-bond acceptors (Lipinski definition) is 2. The first-order valence-electron chi connectivity index (χ1n) is 7.82. The van der Waals surface area contributed by atoms with Crippen molar-refractivity contribution in [1.29, 1.82) is 0 Å². The summed E-state index contributed by atoms with van der Waals surface area (Å²) in [4.78, 5) is 25.3. The molecule has 1 N–H and O–H groups in total. The molecule has 1 amide bonds. The molecule has 3 aromatic rings. The van der Waals surface area contributed by atoms with Crippen LogP contribution in [0.2, 0.25) is 5.02 Å². The standard InChI is InChI=1S/C21H16ClNO2/c1-14-11-12-16(18(22)13-14)21(25)23-19-10-6-5-9-17(19)20(24)15-7-3-2-4-8-15/h2-13H,1H3,(H,23,25). The van der Waals surface area contributed by atoms with E-state index in [1.165, 1.54) is 0 Å². The smallest absolute Gasteiger partial charge is 0.257 e. The number of aryl methyl sites for hydroxylation is 1. The fraction of sp³-hybridized carbons (Fsp3) is 0.0476. The van der Waals surface area contributed by atoms with Crippen LogP contribution in [-0.4, -0.2) is 11.7 Å². The van der Waals surface area contributed by atoms with Gasteiger partial charge in [-0.25, -0.2) is 0 Å². The molecule has 0 atom stereocenters. The number of anilines is 1. The van der Waals surface area contributed by atoms with Crippen molar-refractivity contribution in [3.05, 3.63) is 100 Å². The molecule has 0 aliphatic heterocycles. The highest BCUT2D eigenvalue weighted by Crippen LogP contribution is 2.23. The van der Waals surface area contributed by atoms with Gasteiger partial charge in [0, 0.05) is 11.1 Å². The zero-order valence-electron chi connectivity index (χ0n) is 13.6. The first-order valence-corrected chi connectivity index (χ1v) is 8.20. The lowest BCUT2D eigenvalue weighted by atomic mass is 10.0. The predicted molar refractivity (Wildman–Crippen MR) is 100 cm³/mol. The summed E-state index contributed by atoms with van der Waals surface area (Å²) in [5.41, 5.74) is 2.80. The van der Waals surface area contributed by atoms with Gasteiger partial charge in [-0.05, 0) is 36.8 Å². The summed E-state index contributed by atoms with van der Waals surface area (Å²) < 4.78 is 0. The Morgan fingerprint density at radius 2 is 1.52 bits per heavy atom. The molecule has 3 aromatic carbocycles. The summed E-state index contributed by atoms with van der Waals surface area (Å²) >= 11 is 6.16. The average Bonchev–Trinajstić information content (AvgIpc) is 2.62. The number of carbonyl (C=O) groups is 2. The van der Waals surface area contributed by atoms with Gasteiger partial charge in [0.05, 0.1) is 16.3 Å². The second kappa shape index (κ2) is 7.32. The monoisotopic (exact) mass is 349 g/mol. The van der Waals surface area contributed by atoms with Gasteiger partial charge in [0.2, 0.25) is 0 Å². The van der Waals surface area contributed by atoms with Gasteiger partial charge in [0.25, 0.3) is 5.91 Å². The maximum atomic E-state index is 12.7. The molecule has 0 saturated heterocycles. The summed E-state index contributed by atoms with van der Waals surface area (Å²) in [7, 11) is 0. The first-order chi connectivity index (χ1) is 12.1. The van der Waals surface area contributed by atoms with Crippen LogP contribution in [0.15, 0.2) is 72.8 Å².